The fourth-order valence-corrected chi connectivity index (χ4v) is 2.36. The monoisotopic (exact) mass is 238 g/mol. The van der Waals surface area contributed by atoms with Gasteiger partial charge in [0, 0.05) is 6.20 Å². The Balaban J connectivity index is 2.61. The second kappa shape index (κ2) is 3.67. The summed E-state index contributed by atoms with van der Waals surface area (Å²) in [5.74, 6) is 0. The molecular formula is C15H14N2O. The van der Waals surface area contributed by atoms with Gasteiger partial charge in [-0.3, -0.25) is 9.20 Å². The normalized spacial score (nSPS) is 11.3. The van der Waals surface area contributed by atoms with Crippen LogP contribution in [0.15, 0.2) is 35.3 Å². The first-order valence-corrected chi connectivity index (χ1v) is 5.96. The van der Waals surface area contributed by atoms with Crippen LogP contribution < -0.4 is 5.56 Å². The van der Waals surface area contributed by atoms with Gasteiger partial charge in [0.05, 0.1) is 10.9 Å². The smallest absolute Gasteiger partial charge is 0.265 e. The number of nitrogens with zero attached hydrogens (tertiary/aromatic N) is 2. The molecular weight excluding hydrogens is 224 g/mol. The molecule has 2 aromatic heterocycles. The topological polar surface area (TPSA) is 34.4 Å². The van der Waals surface area contributed by atoms with E-state index in [0.717, 1.165) is 27.9 Å². The molecule has 0 saturated carbocycles. The van der Waals surface area contributed by atoms with Gasteiger partial charge < -0.3 is 0 Å². The van der Waals surface area contributed by atoms with Gasteiger partial charge in [0.15, 0.2) is 0 Å². The minimum atomic E-state index is 0.00509. The number of hydrogen-bond acceptors (Lipinski definition) is 2. The average molecular weight is 238 g/mol. The summed E-state index contributed by atoms with van der Waals surface area (Å²) in [5, 5.41) is 0.678. The van der Waals surface area contributed by atoms with Crippen LogP contribution >= 0.6 is 0 Å². The van der Waals surface area contributed by atoms with Crippen LogP contribution in [0.25, 0.3) is 16.6 Å². The standard InChI is InChI=1S/C15H14N2O/c1-9-4-5-13-12(7-9)15(18)17-8-10(2)6-11(3)14(17)16-13/h4-8H,1-3H3. The van der Waals surface area contributed by atoms with E-state index in [4.69, 9.17) is 0 Å². The molecule has 0 spiro atoms. The Labute approximate surface area is 105 Å². The third-order valence-electron chi connectivity index (χ3n) is 3.19. The van der Waals surface area contributed by atoms with Crippen LogP contribution in [-0.2, 0) is 0 Å². The van der Waals surface area contributed by atoms with Crippen molar-refractivity contribution in [3.8, 4) is 0 Å². The molecule has 3 nitrogen and oxygen atoms in total. The number of rotatable bonds is 0. The summed E-state index contributed by atoms with van der Waals surface area (Å²) in [7, 11) is 0. The molecule has 0 bridgehead atoms. The molecule has 0 aliphatic heterocycles. The van der Waals surface area contributed by atoms with Crippen molar-refractivity contribution < 1.29 is 0 Å². The zero-order chi connectivity index (χ0) is 12.9. The molecule has 0 radical (unpaired) electrons. The first-order chi connectivity index (χ1) is 8.56. The van der Waals surface area contributed by atoms with E-state index in [1.807, 2.05) is 51.2 Å². The second-order valence-corrected chi connectivity index (χ2v) is 4.83. The molecule has 2 heterocycles. The first kappa shape index (κ1) is 11.0. The van der Waals surface area contributed by atoms with Gasteiger partial charge >= 0.3 is 0 Å². The minimum Gasteiger partial charge on any atom is -0.268 e. The fraction of sp³-hybridized carbons (Fsp3) is 0.200. The molecule has 0 fully saturated rings. The van der Waals surface area contributed by atoms with E-state index in [-0.39, 0.29) is 5.56 Å². The molecule has 0 aliphatic rings. The summed E-state index contributed by atoms with van der Waals surface area (Å²) in [6.07, 6.45) is 1.85. The van der Waals surface area contributed by atoms with Crippen LogP contribution in [0.3, 0.4) is 0 Å². The van der Waals surface area contributed by atoms with E-state index < -0.39 is 0 Å². The van der Waals surface area contributed by atoms with Gasteiger partial charge in [-0.25, -0.2) is 4.98 Å². The van der Waals surface area contributed by atoms with Crippen LogP contribution in [0.4, 0.5) is 0 Å². The van der Waals surface area contributed by atoms with Crippen molar-refractivity contribution in [3.05, 3.63) is 57.5 Å². The Morgan fingerprint density at radius 1 is 1.06 bits per heavy atom. The Kier molecular flexibility index (Phi) is 2.23. The van der Waals surface area contributed by atoms with Crippen molar-refractivity contribution in [2.45, 2.75) is 20.8 Å². The van der Waals surface area contributed by atoms with Crippen molar-refractivity contribution in [3.63, 3.8) is 0 Å². The van der Waals surface area contributed by atoms with Crippen molar-refractivity contribution >= 4 is 16.6 Å². The lowest BCUT2D eigenvalue weighted by molar-refractivity contribution is 1.04. The Hall–Kier alpha value is -2.16. The second-order valence-electron chi connectivity index (χ2n) is 4.83. The lowest BCUT2D eigenvalue weighted by Crippen LogP contribution is -2.16. The molecule has 0 aliphatic carbocycles. The van der Waals surface area contributed by atoms with Gasteiger partial charge in [-0.15, -0.1) is 0 Å². The number of fused-ring (bicyclic) bond motifs is 2. The number of benzene rings is 1. The van der Waals surface area contributed by atoms with E-state index in [2.05, 4.69) is 4.98 Å². The van der Waals surface area contributed by atoms with Crippen molar-refractivity contribution in [2.75, 3.05) is 0 Å². The van der Waals surface area contributed by atoms with Gasteiger partial charge in [-0.2, -0.15) is 0 Å². The van der Waals surface area contributed by atoms with Crippen molar-refractivity contribution in [1.29, 1.82) is 0 Å². The molecule has 0 saturated heterocycles. The van der Waals surface area contributed by atoms with Crippen LogP contribution in [0, 0.1) is 20.8 Å². The minimum absolute atomic E-state index is 0.00509. The van der Waals surface area contributed by atoms with Crippen LogP contribution in [0.2, 0.25) is 0 Å². The summed E-state index contributed by atoms with van der Waals surface area (Å²) in [4.78, 5) is 17.1. The highest BCUT2D eigenvalue weighted by Gasteiger charge is 2.07. The maximum atomic E-state index is 12.5. The summed E-state index contributed by atoms with van der Waals surface area (Å²) in [5.41, 5.74) is 4.67. The molecule has 0 atom stereocenters. The molecule has 1 aromatic carbocycles. The highest BCUT2D eigenvalue weighted by atomic mass is 16.1. The number of hydrogen-bond donors (Lipinski definition) is 0. The third kappa shape index (κ3) is 1.51. The summed E-state index contributed by atoms with van der Waals surface area (Å²) in [6, 6.07) is 7.83. The van der Waals surface area contributed by atoms with Gasteiger partial charge in [-0.05, 0) is 44.0 Å². The Bertz CT molecular complexity index is 831. The lowest BCUT2D eigenvalue weighted by atomic mass is 10.1. The van der Waals surface area contributed by atoms with Crippen LogP contribution in [0.5, 0.6) is 0 Å². The molecule has 0 N–H and O–H groups in total. The first-order valence-electron chi connectivity index (χ1n) is 5.96. The lowest BCUT2D eigenvalue weighted by Gasteiger charge is -2.07. The predicted molar refractivity (Wildman–Crippen MR) is 73.2 cm³/mol. The molecule has 18 heavy (non-hydrogen) atoms. The largest absolute Gasteiger partial charge is 0.268 e. The van der Waals surface area contributed by atoms with Gasteiger partial charge in [0.2, 0.25) is 0 Å². The van der Waals surface area contributed by atoms with E-state index in [1.54, 1.807) is 4.40 Å². The van der Waals surface area contributed by atoms with E-state index in [0.29, 0.717) is 5.39 Å². The summed E-state index contributed by atoms with van der Waals surface area (Å²) in [6.45, 7) is 5.95. The maximum absolute atomic E-state index is 12.5. The highest BCUT2D eigenvalue weighted by molar-refractivity contribution is 5.80. The number of pyridine rings is 1. The van der Waals surface area contributed by atoms with E-state index in [9.17, 15) is 4.79 Å². The molecule has 3 heteroatoms. The Morgan fingerprint density at radius 3 is 2.61 bits per heavy atom. The average Bonchev–Trinajstić information content (AvgIpc) is 2.32. The molecule has 0 amide bonds. The predicted octanol–water partition coefficient (Wildman–Crippen LogP) is 2.77. The van der Waals surface area contributed by atoms with Gasteiger partial charge in [0.1, 0.15) is 5.65 Å². The molecule has 3 rings (SSSR count). The van der Waals surface area contributed by atoms with Crippen molar-refractivity contribution in [1.82, 2.24) is 9.38 Å². The van der Waals surface area contributed by atoms with Crippen molar-refractivity contribution in [2.24, 2.45) is 0 Å². The summed E-state index contributed by atoms with van der Waals surface area (Å²) >= 11 is 0. The number of aryl methyl sites for hydroxylation is 3. The molecule has 90 valence electrons. The van der Waals surface area contributed by atoms with Crippen LogP contribution in [-0.4, -0.2) is 9.38 Å². The van der Waals surface area contributed by atoms with Crippen LogP contribution in [0.1, 0.15) is 16.7 Å². The SMILES string of the molecule is Cc1ccc2nc3c(C)cc(C)cn3c(=O)c2c1. The quantitative estimate of drug-likeness (QED) is 0.564. The highest BCUT2D eigenvalue weighted by Crippen LogP contribution is 2.14. The zero-order valence-corrected chi connectivity index (χ0v) is 10.7. The number of aromatic nitrogens is 2. The fourth-order valence-electron chi connectivity index (χ4n) is 2.36. The summed E-state index contributed by atoms with van der Waals surface area (Å²) < 4.78 is 1.65. The molecule has 0 unspecified atom stereocenters. The zero-order valence-electron chi connectivity index (χ0n) is 10.7. The maximum Gasteiger partial charge on any atom is 0.265 e. The van der Waals surface area contributed by atoms with E-state index >= 15 is 0 Å². The van der Waals surface area contributed by atoms with Gasteiger partial charge in [-0.1, -0.05) is 17.7 Å². The molecule has 3 aromatic rings. The Morgan fingerprint density at radius 2 is 1.83 bits per heavy atom. The van der Waals surface area contributed by atoms with Gasteiger partial charge in [0.25, 0.3) is 5.56 Å². The van der Waals surface area contributed by atoms with E-state index in [1.165, 1.54) is 0 Å². The third-order valence-corrected chi connectivity index (χ3v) is 3.19.